The Balaban J connectivity index is 2.09. The summed E-state index contributed by atoms with van der Waals surface area (Å²) >= 11 is 1.33. The Bertz CT molecular complexity index is 718. The lowest BCUT2D eigenvalue weighted by Gasteiger charge is -2.34. The second-order valence-corrected chi connectivity index (χ2v) is 7.59. The van der Waals surface area contributed by atoms with Gasteiger partial charge in [0.15, 0.2) is 5.82 Å². The van der Waals surface area contributed by atoms with Crippen molar-refractivity contribution >= 4 is 17.7 Å². The van der Waals surface area contributed by atoms with Gasteiger partial charge in [-0.15, -0.1) is 10.2 Å². The molecule has 1 aromatic heterocycles. The molecule has 26 heavy (non-hydrogen) atoms. The maximum atomic E-state index is 12.7. The first-order chi connectivity index (χ1) is 12.4. The standard InChI is InChI=1S/C19H29N5OS/c1-6-14(4)23(15(5)7-2)17(25)12-26-19-22-21-18(24(19)20)16-10-8-13(3)9-11-16/h8-11,14-15H,6-7,12,20H2,1-5H3/t14-,15-/m0/s1. The lowest BCUT2D eigenvalue weighted by Crippen LogP contribution is -2.45. The largest absolute Gasteiger partial charge is 0.337 e. The fourth-order valence-electron chi connectivity index (χ4n) is 2.80. The van der Waals surface area contributed by atoms with Gasteiger partial charge in [-0.05, 0) is 33.6 Å². The van der Waals surface area contributed by atoms with Crippen molar-refractivity contribution in [3.05, 3.63) is 29.8 Å². The molecule has 7 heteroatoms. The molecule has 0 unspecified atom stereocenters. The molecule has 0 aliphatic heterocycles. The molecule has 1 heterocycles. The topological polar surface area (TPSA) is 77.0 Å². The van der Waals surface area contributed by atoms with Gasteiger partial charge >= 0.3 is 0 Å². The second kappa shape index (κ2) is 9.07. The van der Waals surface area contributed by atoms with E-state index in [1.54, 1.807) is 0 Å². The van der Waals surface area contributed by atoms with Crippen molar-refractivity contribution in [2.75, 3.05) is 11.6 Å². The summed E-state index contributed by atoms with van der Waals surface area (Å²) in [7, 11) is 0. The Hall–Kier alpha value is -2.02. The van der Waals surface area contributed by atoms with Gasteiger partial charge in [0.1, 0.15) is 0 Å². The number of rotatable bonds is 8. The van der Waals surface area contributed by atoms with Gasteiger partial charge in [0.2, 0.25) is 11.1 Å². The molecule has 0 aliphatic carbocycles. The molecule has 0 spiro atoms. The summed E-state index contributed by atoms with van der Waals surface area (Å²) in [5, 5.41) is 8.88. The SMILES string of the molecule is CC[C@H](C)N(C(=O)CSc1nnc(-c2ccc(C)cc2)n1N)[C@@H](C)CC. The summed E-state index contributed by atoms with van der Waals surface area (Å²) in [6.07, 6.45) is 1.87. The van der Waals surface area contributed by atoms with E-state index in [2.05, 4.69) is 37.9 Å². The van der Waals surface area contributed by atoms with Crippen LogP contribution in [-0.2, 0) is 4.79 Å². The van der Waals surface area contributed by atoms with E-state index in [9.17, 15) is 4.79 Å². The first kappa shape index (κ1) is 20.3. The zero-order valence-electron chi connectivity index (χ0n) is 16.3. The molecule has 1 amide bonds. The maximum Gasteiger partial charge on any atom is 0.233 e. The van der Waals surface area contributed by atoms with Crippen LogP contribution >= 0.6 is 11.8 Å². The van der Waals surface area contributed by atoms with E-state index in [1.165, 1.54) is 22.0 Å². The summed E-state index contributed by atoms with van der Waals surface area (Å²) in [6.45, 7) is 10.4. The lowest BCUT2D eigenvalue weighted by molar-refractivity contribution is -0.132. The van der Waals surface area contributed by atoms with E-state index >= 15 is 0 Å². The first-order valence-corrected chi connectivity index (χ1v) is 10.1. The summed E-state index contributed by atoms with van der Waals surface area (Å²) in [4.78, 5) is 14.7. The number of nitrogens with zero attached hydrogens (tertiary/aromatic N) is 4. The number of thioether (sulfide) groups is 1. The number of nitrogen functional groups attached to an aromatic ring is 1. The highest BCUT2D eigenvalue weighted by Crippen LogP contribution is 2.23. The van der Waals surface area contributed by atoms with Crippen LogP contribution in [0.2, 0.25) is 0 Å². The quantitative estimate of drug-likeness (QED) is 0.564. The summed E-state index contributed by atoms with van der Waals surface area (Å²) < 4.78 is 1.46. The maximum absolute atomic E-state index is 12.7. The predicted molar refractivity (Wildman–Crippen MR) is 107 cm³/mol. The minimum atomic E-state index is 0.110. The molecular formula is C19H29N5OS. The number of nitrogens with two attached hydrogens (primary N) is 1. The molecule has 0 saturated heterocycles. The normalized spacial score (nSPS) is 13.4. The van der Waals surface area contributed by atoms with Crippen molar-refractivity contribution in [1.29, 1.82) is 0 Å². The summed E-state index contributed by atoms with van der Waals surface area (Å²) in [5.74, 6) is 7.16. The van der Waals surface area contributed by atoms with Crippen LogP contribution in [0.4, 0.5) is 0 Å². The minimum Gasteiger partial charge on any atom is -0.337 e. The van der Waals surface area contributed by atoms with E-state index in [4.69, 9.17) is 5.84 Å². The zero-order valence-corrected chi connectivity index (χ0v) is 17.1. The van der Waals surface area contributed by atoms with E-state index in [-0.39, 0.29) is 18.0 Å². The van der Waals surface area contributed by atoms with Crippen molar-refractivity contribution in [3.8, 4) is 11.4 Å². The number of aromatic nitrogens is 3. The van der Waals surface area contributed by atoms with E-state index in [0.717, 1.165) is 18.4 Å². The number of carbonyl (C=O) groups excluding carboxylic acids is 1. The molecule has 142 valence electrons. The number of benzene rings is 1. The van der Waals surface area contributed by atoms with Crippen LogP contribution in [0, 0.1) is 6.92 Å². The van der Waals surface area contributed by atoms with Gasteiger partial charge in [0.05, 0.1) is 5.75 Å². The summed E-state index contributed by atoms with van der Waals surface area (Å²) in [5.41, 5.74) is 2.08. The summed E-state index contributed by atoms with van der Waals surface area (Å²) in [6, 6.07) is 8.40. The Morgan fingerprint density at radius 3 is 2.27 bits per heavy atom. The van der Waals surface area contributed by atoms with Crippen molar-refractivity contribution in [3.63, 3.8) is 0 Å². The molecule has 0 radical (unpaired) electrons. The molecule has 2 rings (SSSR count). The predicted octanol–water partition coefficient (Wildman–Crippen LogP) is 3.49. The van der Waals surface area contributed by atoms with Gasteiger partial charge in [-0.25, -0.2) is 4.68 Å². The highest BCUT2D eigenvalue weighted by atomic mass is 32.2. The van der Waals surface area contributed by atoms with Crippen LogP contribution in [0.25, 0.3) is 11.4 Å². The molecule has 0 fully saturated rings. The molecule has 2 aromatic rings. The molecule has 6 nitrogen and oxygen atoms in total. The third-order valence-corrected chi connectivity index (χ3v) is 5.65. The van der Waals surface area contributed by atoms with Crippen LogP contribution < -0.4 is 5.84 Å². The number of hydrogen-bond donors (Lipinski definition) is 1. The molecular weight excluding hydrogens is 346 g/mol. The monoisotopic (exact) mass is 375 g/mol. The van der Waals surface area contributed by atoms with Crippen molar-refractivity contribution in [1.82, 2.24) is 19.8 Å². The smallest absolute Gasteiger partial charge is 0.233 e. The van der Waals surface area contributed by atoms with Gasteiger partial charge < -0.3 is 10.7 Å². The highest BCUT2D eigenvalue weighted by molar-refractivity contribution is 7.99. The number of aryl methyl sites for hydroxylation is 1. The molecule has 0 saturated carbocycles. The Labute approximate surface area is 160 Å². The molecule has 0 aliphatic rings. The van der Waals surface area contributed by atoms with Crippen LogP contribution in [0.1, 0.15) is 46.1 Å². The van der Waals surface area contributed by atoms with Crippen molar-refractivity contribution < 1.29 is 4.79 Å². The van der Waals surface area contributed by atoms with Crippen LogP contribution in [0.15, 0.2) is 29.4 Å². The average molecular weight is 376 g/mol. The second-order valence-electron chi connectivity index (χ2n) is 6.65. The van der Waals surface area contributed by atoms with Crippen molar-refractivity contribution in [2.24, 2.45) is 0 Å². The molecule has 2 atom stereocenters. The number of hydrogen-bond acceptors (Lipinski definition) is 5. The molecule has 0 bridgehead atoms. The Morgan fingerprint density at radius 1 is 1.15 bits per heavy atom. The molecule has 2 N–H and O–H groups in total. The van der Waals surface area contributed by atoms with Gasteiger partial charge in [0.25, 0.3) is 0 Å². The van der Waals surface area contributed by atoms with Crippen LogP contribution in [-0.4, -0.2) is 43.5 Å². The van der Waals surface area contributed by atoms with E-state index < -0.39 is 0 Å². The fourth-order valence-corrected chi connectivity index (χ4v) is 3.52. The van der Waals surface area contributed by atoms with Crippen LogP contribution in [0.5, 0.6) is 0 Å². The first-order valence-electron chi connectivity index (χ1n) is 9.10. The fraction of sp³-hybridized carbons (Fsp3) is 0.526. The average Bonchev–Trinajstić information content (AvgIpc) is 3.01. The molecule has 1 aromatic carbocycles. The third-order valence-electron chi connectivity index (χ3n) is 4.72. The van der Waals surface area contributed by atoms with Gasteiger partial charge in [-0.1, -0.05) is 55.4 Å². The van der Waals surface area contributed by atoms with Crippen LogP contribution in [0.3, 0.4) is 0 Å². The zero-order chi connectivity index (χ0) is 19.3. The van der Waals surface area contributed by atoms with Gasteiger partial charge in [-0.3, -0.25) is 4.79 Å². The highest BCUT2D eigenvalue weighted by Gasteiger charge is 2.24. The Kier molecular flexibility index (Phi) is 7.08. The van der Waals surface area contributed by atoms with Gasteiger partial charge in [0, 0.05) is 17.6 Å². The van der Waals surface area contributed by atoms with E-state index in [1.807, 2.05) is 36.1 Å². The van der Waals surface area contributed by atoms with Crippen molar-refractivity contribution in [2.45, 2.75) is 64.7 Å². The van der Waals surface area contributed by atoms with E-state index in [0.29, 0.717) is 16.7 Å². The minimum absolute atomic E-state index is 0.110. The lowest BCUT2D eigenvalue weighted by atomic mass is 10.1. The number of carbonyl (C=O) groups is 1. The number of amides is 1. The third kappa shape index (κ3) is 4.58. The Morgan fingerprint density at radius 2 is 1.73 bits per heavy atom. The van der Waals surface area contributed by atoms with Gasteiger partial charge in [-0.2, -0.15) is 0 Å².